The molecule has 0 saturated carbocycles. The molecule has 22 heavy (non-hydrogen) atoms. The molecule has 0 aliphatic carbocycles. The zero-order valence-corrected chi connectivity index (χ0v) is 14.0. The van der Waals surface area contributed by atoms with Crippen LogP contribution in [0.5, 0.6) is 0 Å². The average molecular weight is 319 g/mol. The van der Waals surface area contributed by atoms with E-state index in [4.69, 9.17) is 5.73 Å². The van der Waals surface area contributed by atoms with Crippen molar-refractivity contribution >= 4 is 24.0 Å². The van der Waals surface area contributed by atoms with Crippen LogP contribution in [0.3, 0.4) is 0 Å². The van der Waals surface area contributed by atoms with Gasteiger partial charge in [-0.2, -0.15) is 0 Å². The summed E-state index contributed by atoms with van der Waals surface area (Å²) in [7, 11) is 0. The largest absolute Gasteiger partial charge is 0.399 e. The molecule has 3 N–H and O–H groups in total. The first-order chi connectivity index (χ1) is 9.95. The minimum atomic E-state index is 0. The van der Waals surface area contributed by atoms with Crippen molar-refractivity contribution in [2.75, 3.05) is 5.73 Å². The van der Waals surface area contributed by atoms with Crippen LogP contribution in [0.15, 0.2) is 42.5 Å². The minimum absolute atomic E-state index is 0. The molecule has 0 heterocycles. The van der Waals surface area contributed by atoms with Crippen LogP contribution >= 0.6 is 12.4 Å². The van der Waals surface area contributed by atoms with Crippen molar-refractivity contribution in [3.8, 4) is 0 Å². The zero-order chi connectivity index (χ0) is 15.4. The molecule has 1 unspecified atom stereocenters. The standard InChI is InChI=1S/C18H22N2O.ClH/c1-12-4-9-17(13(2)10-12)14(3)20-18(21)11-15-5-7-16(19)8-6-15;/h4-10,14H,11,19H2,1-3H3,(H,20,21);1H. The fourth-order valence-electron chi connectivity index (χ4n) is 2.50. The maximum absolute atomic E-state index is 12.1. The van der Waals surface area contributed by atoms with E-state index >= 15 is 0 Å². The lowest BCUT2D eigenvalue weighted by Gasteiger charge is -2.17. The third-order valence-corrected chi connectivity index (χ3v) is 3.61. The maximum atomic E-state index is 12.1. The van der Waals surface area contributed by atoms with Crippen LogP contribution in [0.1, 0.15) is 35.2 Å². The Hall–Kier alpha value is -2.00. The number of rotatable bonds is 4. The predicted molar refractivity (Wildman–Crippen MR) is 94.3 cm³/mol. The third kappa shape index (κ3) is 4.78. The number of anilines is 1. The number of benzene rings is 2. The molecule has 3 nitrogen and oxygen atoms in total. The van der Waals surface area contributed by atoms with Crippen molar-refractivity contribution in [1.29, 1.82) is 0 Å². The van der Waals surface area contributed by atoms with Crippen molar-refractivity contribution in [3.05, 3.63) is 64.7 Å². The monoisotopic (exact) mass is 318 g/mol. The highest BCUT2D eigenvalue weighted by Gasteiger charge is 2.12. The van der Waals surface area contributed by atoms with E-state index in [1.54, 1.807) is 0 Å². The fourth-order valence-corrected chi connectivity index (χ4v) is 2.50. The summed E-state index contributed by atoms with van der Waals surface area (Å²) in [5, 5.41) is 3.05. The molecule has 1 atom stereocenters. The van der Waals surface area contributed by atoms with Gasteiger partial charge >= 0.3 is 0 Å². The molecule has 2 rings (SSSR count). The topological polar surface area (TPSA) is 55.1 Å². The number of aryl methyl sites for hydroxylation is 2. The van der Waals surface area contributed by atoms with E-state index in [-0.39, 0.29) is 24.4 Å². The Morgan fingerprint density at radius 3 is 2.36 bits per heavy atom. The van der Waals surface area contributed by atoms with Gasteiger partial charge in [0.15, 0.2) is 0 Å². The van der Waals surface area contributed by atoms with Gasteiger partial charge in [-0.25, -0.2) is 0 Å². The van der Waals surface area contributed by atoms with E-state index in [0.29, 0.717) is 12.1 Å². The number of nitrogen functional groups attached to an aromatic ring is 1. The summed E-state index contributed by atoms with van der Waals surface area (Å²) in [5.41, 5.74) is 10.9. The minimum Gasteiger partial charge on any atom is -0.399 e. The van der Waals surface area contributed by atoms with Crippen LogP contribution in [-0.2, 0) is 11.2 Å². The number of nitrogens with two attached hydrogens (primary N) is 1. The van der Waals surface area contributed by atoms with Crippen LogP contribution in [0.25, 0.3) is 0 Å². The van der Waals surface area contributed by atoms with Crippen LogP contribution in [0, 0.1) is 13.8 Å². The Kier molecular flexibility index (Phi) is 6.44. The smallest absolute Gasteiger partial charge is 0.224 e. The highest BCUT2D eigenvalue weighted by Crippen LogP contribution is 2.18. The lowest BCUT2D eigenvalue weighted by molar-refractivity contribution is -0.121. The maximum Gasteiger partial charge on any atom is 0.224 e. The molecule has 0 radical (unpaired) electrons. The first kappa shape index (κ1) is 18.1. The van der Waals surface area contributed by atoms with Gasteiger partial charge in [-0.1, -0.05) is 35.9 Å². The van der Waals surface area contributed by atoms with E-state index in [9.17, 15) is 4.79 Å². The van der Waals surface area contributed by atoms with Crippen molar-refractivity contribution < 1.29 is 4.79 Å². The number of hydrogen-bond acceptors (Lipinski definition) is 2. The third-order valence-electron chi connectivity index (χ3n) is 3.61. The number of nitrogens with one attached hydrogen (secondary N) is 1. The van der Waals surface area contributed by atoms with Gasteiger partial charge in [-0.15, -0.1) is 12.4 Å². The second-order valence-corrected chi connectivity index (χ2v) is 5.57. The van der Waals surface area contributed by atoms with Crippen molar-refractivity contribution in [1.82, 2.24) is 5.32 Å². The molecule has 0 aliphatic rings. The van der Waals surface area contributed by atoms with Crippen molar-refractivity contribution in [2.24, 2.45) is 0 Å². The van der Waals surface area contributed by atoms with Crippen LogP contribution in [0.2, 0.25) is 0 Å². The van der Waals surface area contributed by atoms with Gasteiger partial charge in [0.1, 0.15) is 0 Å². The summed E-state index contributed by atoms with van der Waals surface area (Å²) in [5.74, 6) is 0.0206. The first-order valence-corrected chi connectivity index (χ1v) is 7.16. The van der Waals surface area contributed by atoms with Gasteiger partial charge in [0.05, 0.1) is 12.5 Å². The molecule has 118 valence electrons. The zero-order valence-electron chi connectivity index (χ0n) is 13.2. The number of carbonyl (C=O) groups excluding carboxylic acids is 1. The number of halogens is 1. The summed E-state index contributed by atoms with van der Waals surface area (Å²) in [6, 6.07) is 13.7. The molecule has 4 heteroatoms. The molecular weight excluding hydrogens is 296 g/mol. The molecule has 0 bridgehead atoms. The SMILES string of the molecule is Cc1ccc(C(C)NC(=O)Cc2ccc(N)cc2)c(C)c1.Cl. The number of amides is 1. The summed E-state index contributed by atoms with van der Waals surface area (Å²) in [4.78, 5) is 12.1. The Bertz CT molecular complexity index is 638. The van der Waals surface area contributed by atoms with E-state index in [0.717, 1.165) is 11.1 Å². The van der Waals surface area contributed by atoms with Crippen LogP contribution < -0.4 is 11.1 Å². The number of hydrogen-bond donors (Lipinski definition) is 2. The highest BCUT2D eigenvalue weighted by molar-refractivity contribution is 5.85. The highest BCUT2D eigenvalue weighted by atomic mass is 35.5. The van der Waals surface area contributed by atoms with E-state index < -0.39 is 0 Å². The Morgan fingerprint density at radius 1 is 1.14 bits per heavy atom. The van der Waals surface area contributed by atoms with Gasteiger partial charge in [0.2, 0.25) is 5.91 Å². The molecule has 0 saturated heterocycles. The second kappa shape index (κ2) is 7.85. The predicted octanol–water partition coefficient (Wildman–Crippen LogP) is 3.73. The van der Waals surface area contributed by atoms with Crippen LogP contribution in [0.4, 0.5) is 5.69 Å². The van der Waals surface area contributed by atoms with E-state index in [1.165, 1.54) is 11.1 Å². The molecular formula is C18H23ClN2O. The van der Waals surface area contributed by atoms with Gasteiger partial charge in [-0.05, 0) is 49.6 Å². The second-order valence-electron chi connectivity index (χ2n) is 5.57. The van der Waals surface area contributed by atoms with Crippen molar-refractivity contribution in [3.63, 3.8) is 0 Å². The Labute approximate surface area is 138 Å². The Morgan fingerprint density at radius 2 is 1.77 bits per heavy atom. The molecule has 2 aromatic carbocycles. The average Bonchev–Trinajstić information content (AvgIpc) is 2.41. The van der Waals surface area contributed by atoms with E-state index in [1.807, 2.05) is 31.2 Å². The lowest BCUT2D eigenvalue weighted by atomic mass is 10.00. The fraction of sp³-hybridized carbons (Fsp3) is 0.278. The molecule has 0 aliphatic heterocycles. The Balaban J connectivity index is 0.00000242. The van der Waals surface area contributed by atoms with E-state index in [2.05, 4.69) is 37.4 Å². The summed E-state index contributed by atoms with van der Waals surface area (Å²) in [6.45, 7) is 6.16. The van der Waals surface area contributed by atoms with Gasteiger partial charge in [0.25, 0.3) is 0 Å². The lowest BCUT2D eigenvalue weighted by Crippen LogP contribution is -2.28. The summed E-state index contributed by atoms with van der Waals surface area (Å²) >= 11 is 0. The number of carbonyl (C=O) groups is 1. The molecule has 0 aromatic heterocycles. The van der Waals surface area contributed by atoms with Gasteiger partial charge in [0, 0.05) is 5.69 Å². The van der Waals surface area contributed by atoms with Gasteiger partial charge < -0.3 is 11.1 Å². The molecule has 0 spiro atoms. The molecule has 1 amide bonds. The molecule has 0 fully saturated rings. The van der Waals surface area contributed by atoms with Crippen molar-refractivity contribution in [2.45, 2.75) is 33.2 Å². The van der Waals surface area contributed by atoms with Crippen LogP contribution in [-0.4, -0.2) is 5.91 Å². The van der Waals surface area contributed by atoms with Gasteiger partial charge in [-0.3, -0.25) is 4.79 Å². The summed E-state index contributed by atoms with van der Waals surface area (Å²) in [6.07, 6.45) is 0.371. The molecule has 2 aromatic rings. The normalized spacial score (nSPS) is 11.4. The quantitative estimate of drug-likeness (QED) is 0.844. The first-order valence-electron chi connectivity index (χ1n) is 7.16. The summed E-state index contributed by atoms with van der Waals surface area (Å²) < 4.78 is 0.